The molecule has 0 amide bonds. The monoisotopic (exact) mass is 277 g/mol. The lowest BCUT2D eigenvalue weighted by Crippen LogP contribution is -2.24. The van der Waals surface area contributed by atoms with Crippen LogP contribution in [0.5, 0.6) is 0 Å². The first-order valence-electron chi connectivity index (χ1n) is 7.00. The minimum absolute atomic E-state index is 0.111. The summed E-state index contributed by atoms with van der Waals surface area (Å²) in [7, 11) is 0. The predicted molar refractivity (Wildman–Crippen MR) is 70.9 cm³/mol. The molecule has 1 aliphatic heterocycles. The molecule has 1 aliphatic rings. The summed E-state index contributed by atoms with van der Waals surface area (Å²) in [5.74, 6) is 0.877. The first-order valence-corrected chi connectivity index (χ1v) is 7.00. The molecule has 0 bridgehead atoms. The van der Waals surface area contributed by atoms with Crippen LogP contribution in [0.15, 0.2) is 29.2 Å². The molecule has 0 N–H and O–H groups in total. The maximum Gasteiger partial charge on any atom is 0.158 e. The van der Waals surface area contributed by atoms with Gasteiger partial charge >= 0.3 is 0 Å². The molecule has 0 saturated carbocycles. The molecule has 0 aromatic carbocycles. The fourth-order valence-corrected chi connectivity index (χ4v) is 2.41. The molecule has 1 saturated heterocycles. The molecule has 108 valence electrons. The van der Waals surface area contributed by atoms with Crippen LogP contribution in [-0.4, -0.2) is 27.6 Å². The zero-order valence-electron chi connectivity index (χ0n) is 11.6. The van der Waals surface area contributed by atoms with E-state index in [1.54, 1.807) is 12.5 Å². The van der Waals surface area contributed by atoms with Gasteiger partial charge < -0.3 is 18.6 Å². The molecular weight excluding hydrogens is 258 g/mol. The molecule has 0 spiro atoms. The topological polar surface area (TPSA) is 62.3 Å². The van der Waals surface area contributed by atoms with E-state index in [1.807, 2.05) is 23.8 Å². The fraction of sp³-hybridized carbons (Fsp3) is 0.571. The van der Waals surface area contributed by atoms with Gasteiger partial charge in [0.25, 0.3) is 0 Å². The molecule has 0 aliphatic carbocycles. The zero-order valence-corrected chi connectivity index (χ0v) is 11.6. The van der Waals surface area contributed by atoms with Crippen LogP contribution < -0.4 is 0 Å². The summed E-state index contributed by atoms with van der Waals surface area (Å²) in [5, 5.41) is 3.92. The van der Waals surface area contributed by atoms with Crippen LogP contribution >= 0.6 is 0 Å². The van der Waals surface area contributed by atoms with Gasteiger partial charge in [0.15, 0.2) is 6.29 Å². The Bertz CT molecular complexity index is 518. The fourth-order valence-electron chi connectivity index (χ4n) is 2.41. The Morgan fingerprint density at radius 2 is 2.45 bits per heavy atom. The number of imidazole rings is 1. The van der Waals surface area contributed by atoms with Crippen molar-refractivity contribution < 1.29 is 14.0 Å². The summed E-state index contributed by atoms with van der Waals surface area (Å²) >= 11 is 0. The summed E-state index contributed by atoms with van der Waals surface area (Å²) < 4.78 is 18.4. The Morgan fingerprint density at radius 1 is 1.50 bits per heavy atom. The van der Waals surface area contributed by atoms with Gasteiger partial charge in [0.05, 0.1) is 6.54 Å². The summed E-state index contributed by atoms with van der Waals surface area (Å²) in [6.07, 6.45) is 8.27. The van der Waals surface area contributed by atoms with E-state index in [-0.39, 0.29) is 12.4 Å². The highest BCUT2D eigenvalue weighted by atomic mass is 16.7. The Hall–Kier alpha value is -1.66. The lowest BCUT2D eigenvalue weighted by Gasteiger charge is -2.26. The molecule has 1 fully saturated rings. The van der Waals surface area contributed by atoms with Crippen LogP contribution in [0.2, 0.25) is 0 Å². The Labute approximate surface area is 117 Å². The lowest BCUT2D eigenvalue weighted by molar-refractivity contribution is -0.188. The van der Waals surface area contributed by atoms with E-state index in [4.69, 9.17) is 14.0 Å². The number of ether oxygens (including phenoxy) is 2. The van der Waals surface area contributed by atoms with Crippen molar-refractivity contribution >= 4 is 0 Å². The first kappa shape index (κ1) is 13.3. The minimum Gasteiger partial charge on any atom is -0.364 e. The van der Waals surface area contributed by atoms with E-state index in [2.05, 4.69) is 10.1 Å². The predicted octanol–water partition coefficient (Wildman–Crippen LogP) is 2.52. The summed E-state index contributed by atoms with van der Waals surface area (Å²) in [6.45, 7) is 3.41. The molecular formula is C14H19N3O3. The molecule has 3 heterocycles. The molecule has 0 radical (unpaired) electrons. The quantitative estimate of drug-likeness (QED) is 0.840. The van der Waals surface area contributed by atoms with Crippen LogP contribution in [-0.2, 0) is 16.0 Å². The van der Waals surface area contributed by atoms with Crippen molar-refractivity contribution in [2.75, 3.05) is 6.61 Å². The van der Waals surface area contributed by atoms with Gasteiger partial charge in [-0.1, -0.05) is 5.16 Å². The normalized spacial score (nSPS) is 20.9. The molecule has 20 heavy (non-hydrogen) atoms. The molecule has 2 aromatic rings. The molecule has 2 atom stereocenters. The summed E-state index contributed by atoms with van der Waals surface area (Å²) in [4.78, 5) is 4.39. The lowest BCUT2D eigenvalue weighted by atomic mass is 10.2. The van der Waals surface area contributed by atoms with Gasteiger partial charge in [0.2, 0.25) is 0 Å². The second kappa shape index (κ2) is 6.19. The highest BCUT2D eigenvalue weighted by Crippen LogP contribution is 2.22. The zero-order chi connectivity index (χ0) is 13.8. The van der Waals surface area contributed by atoms with Crippen LogP contribution in [0.3, 0.4) is 0 Å². The van der Waals surface area contributed by atoms with Crippen molar-refractivity contribution in [3.05, 3.63) is 36.2 Å². The second-order valence-corrected chi connectivity index (χ2v) is 4.98. The van der Waals surface area contributed by atoms with Crippen molar-refractivity contribution in [2.24, 2.45) is 0 Å². The van der Waals surface area contributed by atoms with Gasteiger partial charge in [-0.3, -0.25) is 0 Å². The third-order valence-electron chi connectivity index (χ3n) is 3.43. The van der Waals surface area contributed by atoms with E-state index < -0.39 is 0 Å². The maximum atomic E-state index is 5.95. The van der Waals surface area contributed by atoms with Crippen molar-refractivity contribution in [3.63, 3.8) is 0 Å². The SMILES string of the molecule is C[C@H](OC1CCCCO1)c1nccn1Cc1ccon1. The molecule has 6 heteroatoms. The average molecular weight is 277 g/mol. The van der Waals surface area contributed by atoms with Crippen molar-refractivity contribution in [2.45, 2.75) is 45.1 Å². The highest BCUT2D eigenvalue weighted by Gasteiger charge is 2.21. The number of aromatic nitrogens is 3. The maximum absolute atomic E-state index is 5.95. The van der Waals surface area contributed by atoms with Gasteiger partial charge in [-0.05, 0) is 26.2 Å². The number of hydrogen-bond donors (Lipinski definition) is 0. The standard InChI is InChI=1S/C14H19N3O3/c1-11(20-13-4-2-3-8-18-13)14-15-6-7-17(14)10-12-5-9-19-16-12/h5-7,9,11,13H,2-4,8,10H2,1H3/t11-,13?/m0/s1. The van der Waals surface area contributed by atoms with E-state index in [1.165, 1.54) is 0 Å². The summed E-state index contributed by atoms with van der Waals surface area (Å²) in [5.41, 5.74) is 0.866. The average Bonchev–Trinajstić information content (AvgIpc) is 3.12. The van der Waals surface area contributed by atoms with Crippen LogP contribution in [0.4, 0.5) is 0 Å². The van der Waals surface area contributed by atoms with E-state index in [0.717, 1.165) is 37.4 Å². The van der Waals surface area contributed by atoms with E-state index in [0.29, 0.717) is 6.54 Å². The van der Waals surface area contributed by atoms with Crippen LogP contribution in [0.25, 0.3) is 0 Å². The summed E-state index contributed by atoms with van der Waals surface area (Å²) in [6, 6.07) is 1.85. The van der Waals surface area contributed by atoms with Gasteiger partial charge in [-0.15, -0.1) is 0 Å². The van der Waals surface area contributed by atoms with Crippen LogP contribution in [0, 0.1) is 0 Å². The molecule has 1 unspecified atom stereocenters. The third-order valence-corrected chi connectivity index (χ3v) is 3.43. The Kier molecular flexibility index (Phi) is 4.13. The first-order chi connectivity index (χ1) is 9.83. The van der Waals surface area contributed by atoms with E-state index >= 15 is 0 Å². The second-order valence-electron chi connectivity index (χ2n) is 4.98. The Morgan fingerprint density at radius 3 is 3.20 bits per heavy atom. The van der Waals surface area contributed by atoms with E-state index in [9.17, 15) is 0 Å². The third kappa shape index (κ3) is 3.08. The van der Waals surface area contributed by atoms with Crippen molar-refractivity contribution in [3.8, 4) is 0 Å². The van der Waals surface area contributed by atoms with Crippen LogP contribution in [0.1, 0.15) is 43.8 Å². The smallest absolute Gasteiger partial charge is 0.158 e. The van der Waals surface area contributed by atoms with Crippen molar-refractivity contribution in [1.29, 1.82) is 0 Å². The molecule has 3 rings (SSSR count). The van der Waals surface area contributed by atoms with Crippen molar-refractivity contribution in [1.82, 2.24) is 14.7 Å². The molecule has 6 nitrogen and oxygen atoms in total. The molecule has 2 aromatic heterocycles. The largest absolute Gasteiger partial charge is 0.364 e. The minimum atomic E-state index is -0.115. The Balaban J connectivity index is 1.65. The van der Waals surface area contributed by atoms with Gasteiger partial charge in [0, 0.05) is 25.1 Å². The van der Waals surface area contributed by atoms with Gasteiger partial charge in [0.1, 0.15) is 23.9 Å². The number of rotatable bonds is 5. The van der Waals surface area contributed by atoms with Gasteiger partial charge in [-0.25, -0.2) is 4.98 Å². The van der Waals surface area contributed by atoms with Gasteiger partial charge in [-0.2, -0.15) is 0 Å². The highest BCUT2D eigenvalue weighted by molar-refractivity contribution is 5.03. The number of hydrogen-bond acceptors (Lipinski definition) is 5. The number of nitrogens with zero attached hydrogens (tertiary/aromatic N) is 3.